The Kier molecular flexibility index (Phi) is 9.06. The fourth-order valence-corrected chi connectivity index (χ4v) is 2.79. The van der Waals surface area contributed by atoms with E-state index in [0.29, 0.717) is 24.9 Å². The van der Waals surface area contributed by atoms with Gasteiger partial charge in [-0.15, -0.1) is 0 Å². The Balaban J connectivity index is 1.84. The van der Waals surface area contributed by atoms with Crippen LogP contribution in [0.3, 0.4) is 0 Å². The third-order valence-electron chi connectivity index (χ3n) is 4.22. The van der Waals surface area contributed by atoms with E-state index in [-0.39, 0.29) is 12.4 Å². The van der Waals surface area contributed by atoms with E-state index in [4.69, 9.17) is 9.47 Å². The Hall–Kier alpha value is -3.35. The standard InChI is InChI=1S/C24H30N2O5/c1-24(2,3)31-23(29)26-20(21(27)19-13-8-5-9-14-19)15-10-16-25-22(28)30-17-18-11-6-4-7-12-18/h4-9,11-14,20H,10,15-17H2,1-3H3,(H,25,28)(H,26,29)/t20-/m0/s1. The van der Waals surface area contributed by atoms with Gasteiger partial charge in [0, 0.05) is 12.1 Å². The van der Waals surface area contributed by atoms with Gasteiger partial charge in [-0.05, 0) is 39.2 Å². The van der Waals surface area contributed by atoms with E-state index in [1.165, 1.54) is 0 Å². The number of nitrogens with one attached hydrogen (secondary N) is 2. The number of hydrogen-bond donors (Lipinski definition) is 2. The van der Waals surface area contributed by atoms with Crippen LogP contribution in [-0.4, -0.2) is 36.2 Å². The Bertz CT molecular complexity index is 847. The van der Waals surface area contributed by atoms with E-state index < -0.39 is 23.8 Å². The predicted molar refractivity (Wildman–Crippen MR) is 118 cm³/mol. The lowest BCUT2D eigenvalue weighted by Crippen LogP contribution is -2.44. The highest BCUT2D eigenvalue weighted by Crippen LogP contribution is 2.11. The zero-order chi connectivity index (χ0) is 22.7. The van der Waals surface area contributed by atoms with Crippen molar-refractivity contribution in [2.75, 3.05) is 6.54 Å². The number of amides is 2. The van der Waals surface area contributed by atoms with Crippen LogP contribution in [0.2, 0.25) is 0 Å². The number of carbonyl (C=O) groups excluding carboxylic acids is 3. The van der Waals surface area contributed by atoms with Gasteiger partial charge in [-0.2, -0.15) is 0 Å². The summed E-state index contributed by atoms with van der Waals surface area (Å²) >= 11 is 0. The fourth-order valence-electron chi connectivity index (χ4n) is 2.79. The summed E-state index contributed by atoms with van der Waals surface area (Å²) in [5.74, 6) is -0.210. The summed E-state index contributed by atoms with van der Waals surface area (Å²) in [6.07, 6.45) is -0.377. The SMILES string of the molecule is CC(C)(C)OC(=O)N[C@@H](CCCNC(=O)OCc1ccccc1)C(=O)c1ccccc1. The maximum absolute atomic E-state index is 12.9. The van der Waals surface area contributed by atoms with Crippen LogP contribution in [0.5, 0.6) is 0 Å². The third-order valence-corrected chi connectivity index (χ3v) is 4.22. The van der Waals surface area contributed by atoms with Crippen LogP contribution in [0.4, 0.5) is 9.59 Å². The van der Waals surface area contributed by atoms with Gasteiger partial charge >= 0.3 is 12.2 Å². The van der Waals surface area contributed by atoms with Gasteiger partial charge in [0.05, 0.1) is 6.04 Å². The van der Waals surface area contributed by atoms with E-state index in [0.717, 1.165) is 5.56 Å². The number of rotatable bonds is 9. The Morgan fingerprint density at radius 3 is 2.13 bits per heavy atom. The minimum absolute atomic E-state index is 0.183. The summed E-state index contributed by atoms with van der Waals surface area (Å²) in [5, 5.41) is 5.31. The average molecular weight is 427 g/mol. The largest absolute Gasteiger partial charge is 0.445 e. The molecule has 0 bridgehead atoms. The van der Waals surface area contributed by atoms with Crippen molar-refractivity contribution < 1.29 is 23.9 Å². The normalized spacial score (nSPS) is 11.8. The van der Waals surface area contributed by atoms with Gasteiger partial charge in [-0.25, -0.2) is 9.59 Å². The van der Waals surface area contributed by atoms with Crippen LogP contribution in [0.25, 0.3) is 0 Å². The number of ketones is 1. The molecule has 0 saturated heterocycles. The second-order valence-electron chi connectivity index (χ2n) is 8.06. The molecule has 7 heteroatoms. The number of carbonyl (C=O) groups is 3. The minimum Gasteiger partial charge on any atom is -0.445 e. The van der Waals surface area contributed by atoms with Gasteiger partial charge in [0.1, 0.15) is 12.2 Å². The van der Waals surface area contributed by atoms with Gasteiger partial charge in [0.15, 0.2) is 5.78 Å². The molecule has 0 aliphatic rings. The van der Waals surface area contributed by atoms with Gasteiger partial charge in [-0.1, -0.05) is 60.7 Å². The smallest absolute Gasteiger partial charge is 0.408 e. The summed E-state index contributed by atoms with van der Waals surface area (Å²) in [5.41, 5.74) is 0.723. The summed E-state index contributed by atoms with van der Waals surface area (Å²) in [7, 11) is 0. The molecule has 31 heavy (non-hydrogen) atoms. The highest BCUT2D eigenvalue weighted by atomic mass is 16.6. The van der Waals surface area contributed by atoms with E-state index in [2.05, 4.69) is 10.6 Å². The molecule has 2 aromatic rings. The number of alkyl carbamates (subject to hydrolysis) is 2. The molecule has 2 amide bonds. The van der Waals surface area contributed by atoms with Crippen molar-refractivity contribution in [1.29, 1.82) is 0 Å². The lowest BCUT2D eigenvalue weighted by Gasteiger charge is -2.23. The quantitative estimate of drug-likeness (QED) is 0.456. The van der Waals surface area contributed by atoms with Crippen LogP contribution in [0.15, 0.2) is 60.7 Å². The topological polar surface area (TPSA) is 93.7 Å². The molecule has 0 unspecified atom stereocenters. The Morgan fingerprint density at radius 2 is 1.52 bits per heavy atom. The predicted octanol–water partition coefficient (Wildman–Crippen LogP) is 4.47. The van der Waals surface area contributed by atoms with Crippen molar-refractivity contribution in [1.82, 2.24) is 10.6 Å². The van der Waals surface area contributed by atoms with Crippen LogP contribution in [0, 0.1) is 0 Å². The summed E-state index contributed by atoms with van der Waals surface area (Å²) in [6, 6.07) is 17.4. The first-order valence-electron chi connectivity index (χ1n) is 10.3. The molecule has 0 radical (unpaired) electrons. The molecular weight excluding hydrogens is 396 g/mol. The molecule has 0 fully saturated rings. The lowest BCUT2D eigenvalue weighted by molar-refractivity contribution is 0.0488. The molecule has 2 rings (SSSR count). The number of benzene rings is 2. The molecule has 0 aliphatic heterocycles. The molecule has 0 saturated carbocycles. The van der Waals surface area contributed by atoms with Crippen LogP contribution in [-0.2, 0) is 16.1 Å². The van der Waals surface area contributed by atoms with Gasteiger partial charge in [0.25, 0.3) is 0 Å². The molecule has 0 aliphatic carbocycles. The maximum atomic E-state index is 12.9. The minimum atomic E-state index is -0.764. The second kappa shape index (κ2) is 11.7. The van der Waals surface area contributed by atoms with E-state index >= 15 is 0 Å². The first-order chi connectivity index (χ1) is 14.7. The van der Waals surface area contributed by atoms with Crippen molar-refractivity contribution in [2.45, 2.75) is 51.9 Å². The second-order valence-corrected chi connectivity index (χ2v) is 8.06. The summed E-state index contributed by atoms with van der Waals surface area (Å²) in [4.78, 5) is 36.9. The van der Waals surface area contributed by atoms with Gasteiger partial charge in [-0.3, -0.25) is 4.79 Å². The van der Waals surface area contributed by atoms with Crippen molar-refractivity contribution >= 4 is 18.0 Å². The summed E-state index contributed by atoms with van der Waals surface area (Å²) in [6.45, 7) is 5.76. The zero-order valence-corrected chi connectivity index (χ0v) is 18.2. The molecule has 166 valence electrons. The zero-order valence-electron chi connectivity index (χ0n) is 18.2. The molecule has 2 N–H and O–H groups in total. The van der Waals surface area contributed by atoms with E-state index in [9.17, 15) is 14.4 Å². The van der Waals surface area contributed by atoms with Gasteiger partial charge < -0.3 is 20.1 Å². The number of hydrogen-bond acceptors (Lipinski definition) is 5. The lowest BCUT2D eigenvalue weighted by atomic mass is 10.0. The first-order valence-corrected chi connectivity index (χ1v) is 10.3. The molecule has 0 aromatic heterocycles. The first kappa shape index (κ1) is 23.9. The van der Waals surface area contributed by atoms with Crippen molar-refractivity contribution in [2.24, 2.45) is 0 Å². The Morgan fingerprint density at radius 1 is 0.903 bits per heavy atom. The highest BCUT2D eigenvalue weighted by molar-refractivity contribution is 6.01. The van der Waals surface area contributed by atoms with Crippen LogP contribution < -0.4 is 10.6 Å². The van der Waals surface area contributed by atoms with Crippen molar-refractivity contribution in [3.63, 3.8) is 0 Å². The average Bonchev–Trinajstić information content (AvgIpc) is 2.74. The number of ether oxygens (including phenoxy) is 2. The maximum Gasteiger partial charge on any atom is 0.408 e. The molecule has 2 aromatic carbocycles. The van der Waals surface area contributed by atoms with Crippen LogP contribution >= 0.6 is 0 Å². The molecule has 0 heterocycles. The van der Waals surface area contributed by atoms with Crippen LogP contribution in [0.1, 0.15) is 49.5 Å². The van der Waals surface area contributed by atoms with Gasteiger partial charge in [0.2, 0.25) is 0 Å². The number of Topliss-reactive ketones (excluding diaryl/α,β-unsaturated/α-hetero) is 1. The molecule has 0 spiro atoms. The highest BCUT2D eigenvalue weighted by Gasteiger charge is 2.25. The molecule has 1 atom stereocenters. The molecule has 7 nitrogen and oxygen atoms in total. The Labute approximate surface area is 183 Å². The fraction of sp³-hybridized carbons (Fsp3) is 0.375. The van der Waals surface area contributed by atoms with E-state index in [1.807, 2.05) is 36.4 Å². The van der Waals surface area contributed by atoms with Crippen molar-refractivity contribution in [3.05, 3.63) is 71.8 Å². The van der Waals surface area contributed by atoms with E-state index in [1.54, 1.807) is 45.0 Å². The molecular formula is C24H30N2O5. The van der Waals surface area contributed by atoms with Crippen molar-refractivity contribution in [3.8, 4) is 0 Å². The summed E-state index contributed by atoms with van der Waals surface area (Å²) < 4.78 is 10.4. The third kappa shape index (κ3) is 9.33. The monoisotopic (exact) mass is 426 g/mol.